The van der Waals surface area contributed by atoms with Crippen molar-refractivity contribution in [3.05, 3.63) is 86.6 Å². The number of amides is 1. The average Bonchev–Trinajstić information content (AvgIpc) is 3.72. The molecule has 3 heterocycles. The Labute approximate surface area is 252 Å². The zero-order chi connectivity index (χ0) is 29.5. The number of benzene rings is 2. The van der Waals surface area contributed by atoms with Crippen LogP contribution in [0.4, 0.5) is 0 Å². The molecule has 9 heteroatoms. The van der Waals surface area contributed by atoms with Crippen LogP contribution in [0.2, 0.25) is 0 Å². The summed E-state index contributed by atoms with van der Waals surface area (Å²) in [5.74, 6) is 0.233. The van der Waals surface area contributed by atoms with Crippen molar-refractivity contribution in [2.75, 3.05) is 18.8 Å². The molecule has 2 aromatic carbocycles. The highest BCUT2D eigenvalue weighted by molar-refractivity contribution is 7.91. The van der Waals surface area contributed by atoms with Crippen LogP contribution < -0.4 is 5.32 Å². The van der Waals surface area contributed by atoms with E-state index in [0.29, 0.717) is 17.0 Å². The normalized spacial score (nSPS) is 22.2. The largest absolute Gasteiger partial charge is 0.371 e. The van der Waals surface area contributed by atoms with Crippen LogP contribution in [0.3, 0.4) is 0 Å². The first-order chi connectivity index (χ1) is 20.2. The molecule has 3 unspecified atom stereocenters. The number of carbonyl (C=O) groups is 1. The summed E-state index contributed by atoms with van der Waals surface area (Å²) >= 11 is 1.61. The number of hydrogen-bond acceptors (Lipinski definition) is 7. The lowest BCUT2D eigenvalue weighted by Gasteiger charge is -2.28. The van der Waals surface area contributed by atoms with Gasteiger partial charge >= 0.3 is 0 Å². The molecule has 220 valence electrons. The molecule has 7 nitrogen and oxygen atoms in total. The molecule has 3 atom stereocenters. The standard InChI is InChI=1S/C33H37N3O4S2/c1-3-42(38,39)27-10-6-24(7-11-27)21-35-32(37)30-18-26-19-33(14-15-33)40-29-13-17-36(16-12-28(29)31(26)41-30)22(2)25-8-4-23(20-34)5-9-25/h4-11,18,22,28-29H,3,12-17,19,21H2,1-2H3,(H,35,37). The number of sulfone groups is 1. The Balaban J connectivity index is 1.17. The lowest BCUT2D eigenvalue weighted by atomic mass is 9.93. The lowest BCUT2D eigenvalue weighted by Crippen LogP contribution is -2.30. The van der Waals surface area contributed by atoms with E-state index in [1.54, 1.807) is 42.5 Å². The van der Waals surface area contributed by atoms with Gasteiger partial charge in [-0.1, -0.05) is 31.2 Å². The minimum atomic E-state index is -3.25. The molecule has 0 radical (unpaired) electrons. The molecule has 42 heavy (non-hydrogen) atoms. The highest BCUT2D eigenvalue weighted by atomic mass is 32.2. The van der Waals surface area contributed by atoms with Crippen molar-refractivity contribution in [1.82, 2.24) is 10.2 Å². The third kappa shape index (κ3) is 5.91. The van der Waals surface area contributed by atoms with E-state index >= 15 is 0 Å². The van der Waals surface area contributed by atoms with Crippen LogP contribution in [0.5, 0.6) is 0 Å². The van der Waals surface area contributed by atoms with Crippen LogP contribution in [-0.4, -0.2) is 49.8 Å². The monoisotopic (exact) mass is 603 g/mol. The molecule has 1 aliphatic carbocycles. The highest BCUT2D eigenvalue weighted by Gasteiger charge is 2.50. The maximum absolute atomic E-state index is 13.3. The second-order valence-electron chi connectivity index (χ2n) is 11.9. The molecule has 3 aromatic rings. The summed E-state index contributed by atoms with van der Waals surface area (Å²) in [6.45, 7) is 6.11. The van der Waals surface area contributed by atoms with Gasteiger partial charge in [-0.3, -0.25) is 9.69 Å². The van der Waals surface area contributed by atoms with Crippen molar-refractivity contribution < 1.29 is 17.9 Å². The summed E-state index contributed by atoms with van der Waals surface area (Å²) in [5, 5.41) is 12.2. The average molecular weight is 604 g/mol. The maximum atomic E-state index is 13.3. The molecular formula is C33H37N3O4S2. The van der Waals surface area contributed by atoms with Gasteiger partial charge in [0.05, 0.1) is 38.9 Å². The van der Waals surface area contributed by atoms with Gasteiger partial charge in [0.1, 0.15) is 0 Å². The zero-order valence-electron chi connectivity index (χ0n) is 24.1. The van der Waals surface area contributed by atoms with Crippen molar-refractivity contribution in [2.24, 2.45) is 0 Å². The summed E-state index contributed by atoms with van der Waals surface area (Å²) in [4.78, 5) is 18.2. The minimum Gasteiger partial charge on any atom is -0.371 e. The van der Waals surface area contributed by atoms with Gasteiger partial charge in [-0.15, -0.1) is 11.3 Å². The van der Waals surface area contributed by atoms with Crippen molar-refractivity contribution >= 4 is 27.1 Å². The minimum absolute atomic E-state index is 0.0640. The summed E-state index contributed by atoms with van der Waals surface area (Å²) in [6, 6.07) is 19.2. The van der Waals surface area contributed by atoms with E-state index < -0.39 is 9.84 Å². The van der Waals surface area contributed by atoms with Crippen LogP contribution in [0.25, 0.3) is 0 Å². The predicted molar refractivity (Wildman–Crippen MR) is 163 cm³/mol. The third-order valence-corrected chi connectivity index (χ3v) is 12.2. The number of nitrogens with zero attached hydrogens (tertiary/aromatic N) is 2. The van der Waals surface area contributed by atoms with Crippen LogP contribution >= 0.6 is 11.3 Å². The van der Waals surface area contributed by atoms with Crippen LogP contribution in [0.15, 0.2) is 59.5 Å². The Morgan fingerprint density at radius 2 is 1.86 bits per heavy atom. The second-order valence-corrected chi connectivity index (χ2v) is 15.2. The topological polar surface area (TPSA) is 99.5 Å². The van der Waals surface area contributed by atoms with Gasteiger partial charge in [-0.05, 0) is 86.2 Å². The Bertz CT molecular complexity index is 1600. The van der Waals surface area contributed by atoms with Gasteiger partial charge < -0.3 is 10.1 Å². The number of ether oxygens (including phenoxy) is 1. The van der Waals surface area contributed by atoms with Crippen LogP contribution in [-0.2, 0) is 27.5 Å². The SMILES string of the molecule is CCS(=O)(=O)c1ccc(CNC(=O)c2cc3c(s2)C2CCN(C(C)c4ccc(C#N)cc4)CCC2OC2(CC2)C3)cc1. The molecule has 1 amide bonds. The summed E-state index contributed by atoms with van der Waals surface area (Å²) in [6.07, 6.45) is 5.08. The molecule has 2 fully saturated rings. The van der Waals surface area contributed by atoms with Crippen molar-refractivity contribution in [2.45, 2.75) is 81.1 Å². The smallest absolute Gasteiger partial charge is 0.261 e. The van der Waals surface area contributed by atoms with Gasteiger partial charge in [0.2, 0.25) is 0 Å². The first-order valence-corrected chi connectivity index (χ1v) is 17.3. The quantitative estimate of drug-likeness (QED) is 0.369. The van der Waals surface area contributed by atoms with Crippen LogP contribution in [0, 0.1) is 11.3 Å². The van der Waals surface area contributed by atoms with E-state index in [1.165, 1.54) is 16.0 Å². The molecule has 1 aromatic heterocycles. The second kappa shape index (κ2) is 11.6. The fourth-order valence-corrected chi connectivity index (χ4v) is 8.54. The maximum Gasteiger partial charge on any atom is 0.261 e. The van der Waals surface area contributed by atoms with Gasteiger partial charge in [-0.25, -0.2) is 8.42 Å². The molecule has 6 rings (SSSR count). The molecule has 0 bridgehead atoms. The van der Waals surface area contributed by atoms with Crippen molar-refractivity contribution in [3.8, 4) is 6.07 Å². The van der Waals surface area contributed by atoms with E-state index in [-0.39, 0.29) is 35.3 Å². The van der Waals surface area contributed by atoms with E-state index in [2.05, 4.69) is 41.4 Å². The number of carbonyl (C=O) groups excluding carboxylic acids is 1. The number of likely N-dealkylation sites (tertiary alicyclic amines) is 1. The van der Waals surface area contributed by atoms with Crippen LogP contribution in [0.1, 0.15) is 88.3 Å². The zero-order valence-corrected chi connectivity index (χ0v) is 25.8. The molecule has 1 N–H and O–H groups in total. The fraction of sp³-hybridized carbons (Fsp3) is 0.455. The summed E-state index contributed by atoms with van der Waals surface area (Å²) in [7, 11) is -3.25. The summed E-state index contributed by atoms with van der Waals surface area (Å²) in [5.41, 5.74) is 3.93. The summed E-state index contributed by atoms with van der Waals surface area (Å²) < 4.78 is 31.1. The molecule has 1 spiro atoms. The third-order valence-electron chi connectivity index (χ3n) is 9.19. The number of nitrogens with one attached hydrogen (secondary N) is 1. The number of fused-ring (bicyclic) bond motifs is 3. The van der Waals surface area contributed by atoms with E-state index in [4.69, 9.17) is 10.00 Å². The van der Waals surface area contributed by atoms with E-state index in [1.807, 2.05) is 12.1 Å². The molecular weight excluding hydrogens is 567 g/mol. The number of rotatable bonds is 7. The van der Waals surface area contributed by atoms with Crippen molar-refractivity contribution in [1.29, 1.82) is 5.26 Å². The Morgan fingerprint density at radius 3 is 2.52 bits per heavy atom. The fourth-order valence-electron chi connectivity index (χ4n) is 6.37. The van der Waals surface area contributed by atoms with Gasteiger partial charge in [0.15, 0.2) is 9.84 Å². The molecule has 2 aliphatic heterocycles. The first-order valence-electron chi connectivity index (χ1n) is 14.8. The molecule has 1 saturated heterocycles. The number of hydrogen-bond donors (Lipinski definition) is 1. The Morgan fingerprint density at radius 1 is 1.14 bits per heavy atom. The predicted octanol–water partition coefficient (Wildman–Crippen LogP) is 5.76. The Hall–Kier alpha value is -3.03. The van der Waals surface area contributed by atoms with Gasteiger partial charge in [0, 0.05) is 36.3 Å². The van der Waals surface area contributed by atoms with E-state index in [9.17, 15) is 13.2 Å². The lowest BCUT2D eigenvalue weighted by molar-refractivity contribution is -0.0395. The van der Waals surface area contributed by atoms with Gasteiger partial charge in [0.25, 0.3) is 5.91 Å². The molecule has 1 saturated carbocycles. The van der Waals surface area contributed by atoms with Crippen molar-refractivity contribution in [3.63, 3.8) is 0 Å². The molecule has 3 aliphatic rings. The number of thiophene rings is 1. The van der Waals surface area contributed by atoms with Gasteiger partial charge in [-0.2, -0.15) is 5.26 Å². The highest BCUT2D eigenvalue weighted by Crippen LogP contribution is 2.52. The van der Waals surface area contributed by atoms with E-state index in [0.717, 1.165) is 55.6 Å². The Kier molecular flexibility index (Phi) is 8.01. The number of nitriles is 1. The first kappa shape index (κ1) is 29.1.